The molecule has 0 saturated heterocycles. The highest BCUT2D eigenvalue weighted by Crippen LogP contribution is 2.33. The predicted octanol–water partition coefficient (Wildman–Crippen LogP) is 4.40. The number of nitrogens with two attached hydrogens (primary N) is 1. The minimum absolute atomic E-state index is 0.125. The summed E-state index contributed by atoms with van der Waals surface area (Å²) in [7, 11) is 0. The number of hydrogen-bond donors (Lipinski definition) is 1. The van der Waals surface area contributed by atoms with Gasteiger partial charge in [0.1, 0.15) is 17.3 Å². The zero-order valence-electron chi connectivity index (χ0n) is 9.86. The van der Waals surface area contributed by atoms with Crippen molar-refractivity contribution in [3.8, 4) is 11.5 Å². The Balaban J connectivity index is 2.34. The number of benzene rings is 2. The maximum atomic E-state index is 13.0. The van der Waals surface area contributed by atoms with Crippen molar-refractivity contribution in [3.05, 3.63) is 58.3 Å². The summed E-state index contributed by atoms with van der Waals surface area (Å²) >= 11 is 3.27. The molecule has 2 aromatic rings. The summed E-state index contributed by atoms with van der Waals surface area (Å²) < 4.78 is 19.3. The minimum Gasteiger partial charge on any atom is -0.456 e. The van der Waals surface area contributed by atoms with Gasteiger partial charge < -0.3 is 10.5 Å². The molecule has 0 aromatic heterocycles. The zero-order chi connectivity index (χ0) is 13.1. The lowest BCUT2D eigenvalue weighted by Gasteiger charge is -2.14. The second-order valence-electron chi connectivity index (χ2n) is 4.00. The van der Waals surface area contributed by atoms with Crippen LogP contribution in [0.2, 0.25) is 0 Å². The molecule has 0 bridgehead atoms. The van der Waals surface area contributed by atoms with Gasteiger partial charge >= 0.3 is 0 Å². The van der Waals surface area contributed by atoms with Gasteiger partial charge in [0.2, 0.25) is 0 Å². The first-order valence-corrected chi connectivity index (χ1v) is 6.34. The lowest BCUT2D eigenvalue weighted by Crippen LogP contribution is -2.06. The van der Waals surface area contributed by atoms with Crippen molar-refractivity contribution in [2.45, 2.75) is 13.0 Å². The third-order valence-electron chi connectivity index (χ3n) is 2.52. The first-order chi connectivity index (χ1) is 8.58. The van der Waals surface area contributed by atoms with E-state index in [0.29, 0.717) is 16.0 Å². The molecule has 2 rings (SSSR count). The summed E-state index contributed by atoms with van der Waals surface area (Å²) in [5, 5.41) is 0. The van der Waals surface area contributed by atoms with E-state index in [1.165, 1.54) is 12.1 Å². The van der Waals surface area contributed by atoms with E-state index < -0.39 is 0 Å². The molecule has 18 heavy (non-hydrogen) atoms. The number of para-hydroxylation sites is 1. The van der Waals surface area contributed by atoms with Crippen molar-refractivity contribution in [1.82, 2.24) is 0 Å². The second-order valence-corrected chi connectivity index (χ2v) is 4.86. The maximum absolute atomic E-state index is 13.0. The van der Waals surface area contributed by atoms with E-state index in [-0.39, 0.29) is 11.9 Å². The first-order valence-electron chi connectivity index (χ1n) is 5.55. The van der Waals surface area contributed by atoms with E-state index in [9.17, 15) is 4.39 Å². The molecule has 2 nitrogen and oxygen atoms in total. The molecular weight excluding hydrogens is 297 g/mol. The summed E-state index contributed by atoms with van der Waals surface area (Å²) in [5.41, 5.74) is 6.79. The molecule has 0 aliphatic heterocycles. The highest BCUT2D eigenvalue weighted by Gasteiger charge is 2.10. The normalized spacial score (nSPS) is 12.2. The van der Waals surface area contributed by atoms with E-state index in [2.05, 4.69) is 15.9 Å². The first kappa shape index (κ1) is 13.1. The van der Waals surface area contributed by atoms with E-state index in [0.717, 1.165) is 5.56 Å². The minimum atomic E-state index is -0.310. The Kier molecular flexibility index (Phi) is 3.99. The SMILES string of the molecule is C[C@@H](N)c1ccccc1Oc1ccc(F)cc1Br. The van der Waals surface area contributed by atoms with Crippen molar-refractivity contribution in [3.63, 3.8) is 0 Å². The van der Waals surface area contributed by atoms with Crippen LogP contribution in [0.4, 0.5) is 4.39 Å². The number of rotatable bonds is 3. The Bertz CT molecular complexity index is 557. The summed E-state index contributed by atoms with van der Waals surface area (Å²) in [5.74, 6) is 0.930. The molecule has 0 amide bonds. The fourth-order valence-corrected chi connectivity index (χ4v) is 2.06. The molecule has 2 aromatic carbocycles. The largest absolute Gasteiger partial charge is 0.456 e. The molecule has 0 heterocycles. The summed E-state index contributed by atoms with van der Waals surface area (Å²) in [6.07, 6.45) is 0. The van der Waals surface area contributed by atoms with Gasteiger partial charge in [-0.3, -0.25) is 0 Å². The van der Waals surface area contributed by atoms with Gasteiger partial charge in [-0.05, 0) is 47.1 Å². The zero-order valence-corrected chi connectivity index (χ0v) is 11.4. The molecule has 1 atom stereocenters. The van der Waals surface area contributed by atoms with E-state index in [4.69, 9.17) is 10.5 Å². The van der Waals surface area contributed by atoms with Crippen LogP contribution in [0.25, 0.3) is 0 Å². The molecule has 2 N–H and O–H groups in total. The average molecular weight is 310 g/mol. The molecule has 0 radical (unpaired) electrons. The number of ether oxygens (including phenoxy) is 1. The molecule has 0 fully saturated rings. The predicted molar refractivity (Wildman–Crippen MR) is 73.2 cm³/mol. The van der Waals surface area contributed by atoms with Gasteiger partial charge in [-0.25, -0.2) is 4.39 Å². The topological polar surface area (TPSA) is 35.2 Å². The van der Waals surface area contributed by atoms with Crippen LogP contribution in [0.15, 0.2) is 46.9 Å². The molecule has 4 heteroatoms. The Labute approximate surface area is 114 Å². The Morgan fingerprint density at radius 1 is 1.17 bits per heavy atom. The summed E-state index contributed by atoms with van der Waals surface area (Å²) in [4.78, 5) is 0. The average Bonchev–Trinajstić information content (AvgIpc) is 2.33. The quantitative estimate of drug-likeness (QED) is 0.912. The van der Waals surface area contributed by atoms with Crippen molar-refractivity contribution in [2.24, 2.45) is 5.73 Å². The third-order valence-corrected chi connectivity index (χ3v) is 3.14. The molecule has 0 aliphatic carbocycles. The third kappa shape index (κ3) is 2.89. The van der Waals surface area contributed by atoms with Crippen LogP contribution in [0.1, 0.15) is 18.5 Å². The smallest absolute Gasteiger partial charge is 0.141 e. The second kappa shape index (κ2) is 5.50. The maximum Gasteiger partial charge on any atom is 0.141 e. The summed E-state index contributed by atoms with van der Waals surface area (Å²) in [6.45, 7) is 1.89. The highest BCUT2D eigenvalue weighted by atomic mass is 79.9. The molecule has 94 valence electrons. The molecule has 0 saturated carbocycles. The van der Waals surface area contributed by atoms with Gasteiger partial charge in [0.05, 0.1) is 4.47 Å². The van der Waals surface area contributed by atoms with Crippen LogP contribution in [0.5, 0.6) is 11.5 Å². The monoisotopic (exact) mass is 309 g/mol. The van der Waals surface area contributed by atoms with Gasteiger partial charge in [-0.15, -0.1) is 0 Å². The van der Waals surface area contributed by atoms with Crippen molar-refractivity contribution >= 4 is 15.9 Å². The van der Waals surface area contributed by atoms with Crippen LogP contribution >= 0.6 is 15.9 Å². The van der Waals surface area contributed by atoms with Gasteiger partial charge in [0.15, 0.2) is 0 Å². The van der Waals surface area contributed by atoms with Gasteiger partial charge in [-0.2, -0.15) is 0 Å². The number of halogens is 2. The highest BCUT2D eigenvalue weighted by molar-refractivity contribution is 9.10. The fourth-order valence-electron chi connectivity index (χ4n) is 1.63. The van der Waals surface area contributed by atoms with E-state index in [1.54, 1.807) is 6.07 Å². The lowest BCUT2D eigenvalue weighted by molar-refractivity contribution is 0.467. The van der Waals surface area contributed by atoms with Crippen LogP contribution in [0, 0.1) is 5.82 Å². The van der Waals surface area contributed by atoms with Gasteiger partial charge in [-0.1, -0.05) is 18.2 Å². The van der Waals surface area contributed by atoms with Gasteiger partial charge in [0, 0.05) is 11.6 Å². The molecule has 0 spiro atoms. The van der Waals surface area contributed by atoms with Crippen molar-refractivity contribution in [2.75, 3.05) is 0 Å². The molecular formula is C14H13BrFNO. The van der Waals surface area contributed by atoms with Crippen LogP contribution in [-0.2, 0) is 0 Å². The van der Waals surface area contributed by atoms with Crippen LogP contribution in [0.3, 0.4) is 0 Å². The Hall–Kier alpha value is -1.39. The molecule has 0 unspecified atom stereocenters. The van der Waals surface area contributed by atoms with E-state index >= 15 is 0 Å². The van der Waals surface area contributed by atoms with Crippen molar-refractivity contribution in [1.29, 1.82) is 0 Å². The Morgan fingerprint density at radius 2 is 1.89 bits per heavy atom. The van der Waals surface area contributed by atoms with Crippen LogP contribution < -0.4 is 10.5 Å². The standard InChI is InChI=1S/C14H13BrFNO/c1-9(17)11-4-2-3-5-13(11)18-14-7-6-10(16)8-12(14)15/h2-9H,17H2,1H3/t9-/m1/s1. The fraction of sp³-hybridized carbons (Fsp3) is 0.143. The van der Waals surface area contributed by atoms with Gasteiger partial charge in [0.25, 0.3) is 0 Å². The number of hydrogen-bond acceptors (Lipinski definition) is 2. The summed E-state index contributed by atoms with van der Waals surface area (Å²) in [6, 6.07) is 11.7. The Morgan fingerprint density at radius 3 is 2.56 bits per heavy atom. The van der Waals surface area contributed by atoms with Crippen molar-refractivity contribution < 1.29 is 9.13 Å². The van der Waals surface area contributed by atoms with E-state index in [1.807, 2.05) is 31.2 Å². The van der Waals surface area contributed by atoms with Crippen LogP contribution in [-0.4, -0.2) is 0 Å². The lowest BCUT2D eigenvalue weighted by atomic mass is 10.1. The molecule has 0 aliphatic rings.